The molecule has 2 rings (SSSR count). The Kier molecular flexibility index (Phi) is 3.19. The Bertz CT molecular complexity index is 617. The molecule has 0 fully saturated rings. The summed E-state index contributed by atoms with van der Waals surface area (Å²) in [5, 5.41) is 4.89. The minimum absolute atomic E-state index is 0.0307. The predicted octanol–water partition coefficient (Wildman–Crippen LogP) is 0.890. The van der Waals surface area contributed by atoms with Crippen molar-refractivity contribution in [1.82, 2.24) is 14.6 Å². The third kappa shape index (κ3) is 2.19. The van der Waals surface area contributed by atoms with E-state index in [9.17, 15) is 9.59 Å². The van der Waals surface area contributed by atoms with Crippen LogP contribution in [0, 0.1) is 0 Å². The van der Waals surface area contributed by atoms with Crippen molar-refractivity contribution in [3.8, 4) is 0 Å². The molecule has 17 heavy (non-hydrogen) atoms. The van der Waals surface area contributed by atoms with Crippen LogP contribution in [0.2, 0.25) is 0 Å². The number of carbonyl (C=O) groups excluding carboxylic acids is 1. The quantitative estimate of drug-likeness (QED) is 0.759. The molecule has 0 spiro atoms. The largest absolute Gasteiger partial charge is 0.461 e. The fourth-order valence-corrected chi connectivity index (χ4v) is 2.14. The Morgan fingerprint density at radius 1 is 1.53 bits per heavy atom. The van der Waals surface area contributed by atoms with E-state index < -0.39 is 5.97 Å². The van der Waals surface area contributed by atoms with Gasteiger partial charge < -0.3 is 4.74 Å². The topological polar surface area (TPSA) is 73.6 Å². The van der Waals surface area contributed by atoms with Gasteiger partial charge in [-0.25, -0.2) is 9.78 Å². The summed E-state index contributed by atoms with van der Waals surface area (Å²) in [6, 6.07) is 1.14. The van der Waals surface area contributed by atoms with Crippen LogP contribution in [0.3, 0.4) is 0 Å². The molecule has 2 heterocycles. The number of nitrogens with zero attached hydrogens (tertiary/aromatic N) is 3. The fourth-order valence-electron chi connectivity index (χ4n) is 1.30. The lowest BCUT2D eigenvalue weighted by Gasteiger charge is -1.99. The Balaban J connectivity index is 2.54. The van der Waals surface area contributed by atoms with Crippen LogP contribution in [0.1, 0.15) is 29.3 Å². The predicted molar refractivity (Wildman–Crippen MR) is 62.5 cm³/mol. The molecule has 2 aromatic rings. The third-order valence-electron chi connectivity index (χ3n) is 2.07. The van der Waals surface area contributed by atoms with E-state index >= 15 is 0 Å². The van der Waals surface area contributed by atoms with Crippen molar-refractivity contribution in [2.75, 3.05) is 6.61 Å². The lowest BCUT2D eigenvalue weighted by Crippen LogP contribution is -2.18. The molecule has 0 amide bonds. The molecular weight excluding hydrogens is 242 g/mol. The first-order valence-electron chi connectivity index (χ1n) is 5.22. The molecule has 0 saturated carbocycles. The molecule has 0 atom stereocenters. The molecule has 2 aromatic heterocycles. The van der Waals surface area contributed by atoms with E-state index in [4.69, 9.17) is 4.74 Å². The summed E-state index contributed by atoms with van der Waals surface area (Å²) in [6.45, 7) is 3.89. The zero-order valence-electron chi connectivity index (χ0n) is 9.47. The number of hydrogen-bond acceptors (Lipinski definition) is 6. The second kappa shape index (κ2) is 4.62. The highest BCUT2D eigenvalue weighted by Gasteiger charge is 2.13. The number of aromatic nitrogens is 3. The molecule has 0 N–H and O–H groups in total. The summed E-state index contributed by atoms with van der Waals surface area (Å²) in [5.41, 5.74) is -0.336. The van der Waals surface area contributed by atoms with Crippen LogP contribution >= 0.6 is 11.3 Å². The Labute approximate surface area is 101 Å². The minimum atomic E-state index is -0.585. The van der Waals surface area contributed by atoms with Gasteiger partial charge in [0.05, 0.1) is 6.61 Å². The van der Waals surface area contributed by atoms with Gasteiger partial charge in [-0.2, -0.15) is 9.61 Å². The normalized spacial score (nSPS) is 10.7. The van der Waals surface area contributed by atoms with Crippen LogP contribution in [0.5, 0.6) is 0 Å². The Hall–Kier alpha value is -1.76. The SMILES string of the molecule is CCOC(=O)c1cc(=O)n2nc(CC)sc2n1. The van der Waals surface area contributed by atoms with Gasteiger partial charge in [0.1, 0.15) is 5.01 Å². The van der Waals surface area contributed by atoms with E-state index in [0.29, 0.717) is 4.96 Å². The molecule has 0 aliphatic rings. The highest BCUT2D eigenvalue weighted by Crippen LogP contribution is 2.11. The first-order valence-corrected chi connectivity index (χ1v) is 6.04. The van der Waals surface area contributed by atoms with Crippen molar-refractivity contribution < 1.29 is 9.53 Å². The van der Waals surface area contributed by atoms with Crippen molar-refractivity contribution in [3.63, 3.8) is 0 Å². The average molecular weight is 253 g/mol. The van der Waals surface area contributed by atoms with Crippen molar-refractivity contribution in [2.45, 2.75) is 20.3 Å². The van der Waals surface area contributed by atoms with Crippen LogP contribution in [0.25, 0.3) is 4.96 Å². The number of hydrogen-bond donors (Lipinski definition) is 0. The molecule has 0 unspecified atom stereocenters. The molecule has 90 valence electrons. The highest BCUT2D eigenvalue weighted by molar-refractivity contribution is 7.16. The lowest BCUT2D eigenvalue weighted by atomic mass is 10.4. The van der Waals surface area contributed by atoms with Gasteiger partial charge in [0, 0.05) is 6.07 Å². The van der Waals surface area contributed by atoms with Crippen LogP contribution in [0.15, 0.2) is 10.9 Å². The van der Waals surface area contributed by atoms with Crippen LogP contribution in [0.4, 0.5) is 0 Å². The summed E-state index contributed by atoms with van der Waals surface area (Å²) >= 11 is 1.29. The molecule has 6 nitrogen and oxygen atoms in total. The van der Waals surface area contributed by atoms with Gasteiger partial charge >= 0.3 is 5.97 Å². The van der Waals surface area contributed by atoms with Gasteiger partial charge in [-0.15, -0.1) is 0 Å². The standard InChI is InChI=1S/C10H11N3O3S/c1-3-7-12-13-8(14)5-6(9(15)16-4-2)11-10(13)17-7/h5H,3-4H2,1-2H3. The van der Waals surface area contributed by atoms with E-state index in [2.05, 4.69) is 10.1 Å². The maximum atomic E-state index is 11.7. The van der Waals surface area contributed by atoms with Crippen LogP contribution in [-0.4, -0.2) is 27.2 Å². The van der Waals surface area contributed by atoms with Crippen LogP contribution in [-0.2, 0) is 11.2 Å². The number of esters is 1. The van der Waals surface area contributed by atoms with Gasteiger partial charge in [0.25, 0.3) is 5.56 Å². The number of ether oxygens (including phenoxy) is 1. The molecule has 0 saturated heterocycles. The summed E-state index contributed by atoms with van der Waals surface area (Å²) in [4.78, 5) is 27.6. The Morgan fingerprint density at radius 3 is 2.94 bits per heavy atom. The monoisotopic (exact) mass is 253 g/mol. The van der Waals surface area contributed by atoms with Gasteiger partial charge in [-0.05, 0) is 13.3 Å². The van der Waals surface area contributed by atoms with E-state index in [0.717, 1.165) is 17.5 Å². The smallest absolute Gasteiger partial charge is 0.357 e. The zero-order chi connectivity index (χ0) is 12.4. The van der Waals surface area contributed by atoms with E-state index in [1.807, 2.05) is 6.92 Å². The van der Waals surface area contributed by atoms with Crippen molar-refractivity contribution in [3.05, 3.63) is 27.1 Å². The summed E-state index contributed by atoms with van der Waals surface area (Å²) in [5.74, 6) is -0.585. The molecule has 0 aliphatic carbocycles. The number of rotatable bonds is 3. The maximum absolute atomic E-state index is 11.7. The van der Waals surface area contributed by atoms with E-state index in [1.165, 1.54) is 15.9 Å². The van der Waals surface area contributed by atoms with E-state index in [-0.39, 0.29) is 17.9 Å². The van der Waals surface area contributed by atoms with Gasteiger partial charge in [0.2, 0.25) is 4.96 Å². The van der Waals surface area contributed by atoms with Gasteiger partial charge in [-0.1, -0.05) is 18.3 Å². The molecule has 0 radical (unpaired) electrons. The second-order valence-corrected chi connectivity index (χ2v) is 4.28. The molecule has 0 aromatic carbocycles. The molecule has 0 aliphatic heterocycles. The van der Waals surface area contributed by atoms with Crippen molar-refractivity contribution in [2.24, 2.45) is 0 Å². The first-order chi connectivity index (χ1) is 8.15. The van der Waals surface area contributed by atoms with Crippen molar-refractivity contribution >= 4 is 22.3 Å². The van der Waals surface area contributed by atoms with E-state index in [1.54, 1.807) is 6.92 Å². The fraction of sp³-hybridized carbons (Fsp3) is 0.400. The third-order valence-corrected chi connectivity index (χ3v) is 3.13. The number of aryl methyl sites for hydroxylation is 1. The Morgan fingerprint density at radius 2 is 2.29 bits per heavy atom. The highest BCUT2D eigenvalue weighted by atomic mass is 32.1. The van der Waals surface area contributed by atoms with Gasteiger partial charge in [-0.3, -0.25) is 4.79 Å². The average Bonchev–Trinajstić information content (AvgIpc) is 2.73. The minimum Gasteiger partial charge on any atom is -0.461 e. The molecule has 0 bridgehead atoms. The number of fused-ring (bicyclic) bond motifs is 1. The second-order valence-electron chi connectivity index (χ2n) is 3.24. The number of carbonyl (C=O) groups is 1. The summed E-state index contributed by atoms with van der Waals surface area (Å²) in [6.07, 6.45) is 0.724. The lowest BCUT2D eigenvalue weighted by molar-refractivity contribution is 0.0519. The summed E-state index contributed by atoms with van der Waals surface area (Å²) in [7, 11) is 0. The van der Waals surface area contributed by atoms with Crippen molar-refractivity contribution in [1.29, 1.82) is 0 Å². The maximum Gasteiger partial charge on any atom is 0.357 e. The van der Waals surface area contributed by atoms with Gasteiger partial charge in [0.15, 0.2) is 5.69 Å². The van der Waals surface area contributed by atoms with Crippen LogP contribution < -0.4 is 5.56 Å². The molecular formula is C10H11N3O3S. The first kappa shape index (κ1) is 11.7. The molecule has 7 heteroatoms. The summed E-state index contributed by atoms with van der Waals surface area (Å²) < 4.78 is 6.00. The zero-order valence-corrected chi connectivity index (χ0v) is 10.3.